The number of anilines is 1. The SMILES string of the molecule is COc1cc(F)c(C(C)C)cc1-c1ccc(C)cc1CN(Cc1cc(C#N)cc(C(F)(F)F)c1)c1ncc(OCCCC(=O)O)cn1. The van der Waals surface area contributed by atoms with E-state index in [-0.39, 0.29) is 55.5 Å². The summed E-state index contributed by atoms with van der Waals surface area (Å²) in [5.41, 5.74) is 2.63. The third-order valence-corrected chi connectivity index (χ3v) is 7.38. The van der Waals surface area contributed by atoms with Gasteiger partial charge in [-0.05, 0) is 65.8 Å². The lowest BCUT2D eigenvalue weighted by atomic mass is 9.92. The molecule has 0 unspecified atom stereocenters. The van der Waals surface area contributed by atoms with Crippen LogP contribution in [0.3, 0.4) is 0 Å². The predicted molar refractivity (Wildman–Crippen MR) is 168 cm³/mol. The number of nitriles is 1. The highest BCUT2D eigenvalue weighted by Crippen LogP contribution is 2.38. The monoisotopic (exact) mass is 650 g/mol. The topological polar surface area (TPSA) is 109 Å². The van der Waals surface area contributed by atoms with Crippen molar-refractivity contribution in [2.24, 2.45) is 0 Å². The lowest BCUT2D eigenvalue weighted by Gasteiger charge is -2.26. The molecule has 0 aliphatic carbocycles. The normalized spacial score (nSPS) is 11.3. The molecule has 0 saturated carbocycles. The Morgan fingerprint density at radius 3 is 2.38 bits per heavy atom. The van der Waals surface area contributed by atoms with E-state index in [1.54, 1.807) is 17.0 Å². The summed E-state index contributed by atoms with van der Waals surface area (Å²) in [4.78, 5) is 21.3. The standard InChI is InChI=1S/C35H34F4N4O4/c1-21(2)29-14-30(32(46-4)15-31(29)36)28-8-7-22(3)10-25(28)20-43(19-24-11-23(16-40)12-26(13-24)35(37,38)39)34-41-17-27(18-42-34)47-9-5-6-33(44)45/h7-8,10-15,17-18,21H,5-6,9,19-20H2,1-4H3,(H,44,45). The molecule has 0 saturated heterocycles. The lowest BCUT2D eigenvalue weighted by Crippen LogP contribution is -2.25. The minimum absolute atomic E-state index is 0.0648. The average molecular weight is 651 g/mol. The first kappa shape index (κ1) is 34.7. The summed E-state index contributed by atoms with van der Waals surface area (Å²) in [6.45, 7) is 5.82. The summed E-state index contributed by atoms with van der Waals surface area (Å²) < 4.78 is 67.3. The van der Waals surface area contributed by atoms with Crippen LogP contribution in [-0.2, 0) is 24.1 Å². The molecule has 1 aromatic heterocycles. The zero-order valence-electron chi connectivity index (χ0n) is 26.4. The number of hydrogen-bond donors (Lipinski definition) is 1. The lowest BCUT2D eigenvalue weighted by molar-refractivity contribution is -0.138. The van der Waals surface area contributed by atoms with E-state index in [1.807, 2.05) is 39.0 Å². The van der Waals surface area contributed by atoms with E-state index in [9.17, 15) is 27.6 Å². The molecule has 0 aliphatic heterocycles. The second-order valence-corrected chi connectivity index (χ2v) is 11.3. The number of benzene rings is 3. The van der Waals surface area contributed by atoms with Crippen molar-refractivity contribution >= 4 is 11.9 Å². The summed E-state index contributed by atoms with van der Waals surface area (Å²) >= 11 is 0. The minimum atomic E-state index is -4.67. The number of alkyl halides is 3. The fraction of sp³-hybridized carbons (Fsp3) is 0.314. The van der Waals surface area contributed by atoms with Crippen LogP contribution in [0.15, 0.2) is 60.9 Å². The van der Waals surface area contributed by atoms with Gasteiger partial charge in [-0.15, -0.1) is 0 Å². The Kier molecular flexibility index (Phi) is 11.0. The van der Waals surface area contributed by atoms with Crippen molar-refractivity contribution in [2.45, 2.75) is 58.8 Å². The Morgan fingerprint density at radius 1 is 1.04 bits per heavy atom. The maximum Gasteiger partial charge on any atom is 0.416 e. The Morgan fingerprint density at radius 2 is 1.77 bits per heavy atom. The molecule has 0 fully saturated rings. The number of aliphatic carboxylic acids is 1. The van der Waals surface area contributed by atoms with Crippen LogP contribution >= 0.6 is 0 Å². The summed E-state index contributed by atoms with van der Waals surface area (Å²) in [7, 11) is 1.45. The van der Waals surface area contributed by atoms with Gasteiger partial charge in [0.15, 0.2) is 5.75 Å². The molecule has 4 aromatic rings. The van der Waals surface area contributed by atoms with Gasteiger partial charge in [0.2, 0.25) is 5.95 Å². The number of carboxylic acids is 1. The van der Waals surface area contributed by atoms with Crippen molar-refractivity contribution in [1.29, 1.82) is 5.26 Å². The Balaban J connectivity index is 1.79. The van der Waals surface area contributed by atoms with Gasteiger partial charge in [-0.2, -0.15) is 18.4 Å². The fourth-order valence-electron chi connectivity index (χ4n) is 5.11. The number of hydrogen-bond acceptors (Lipinski definition) is 7. The van der Waals surface area contributed by atoms with Crippen LogP contribution in [0.25, 0.3) is 11.1 Å². The summed E-state index contributed by atoms with van der Waals surface area (Å²) in [5.74, 6) is -0.676. The average Bonchev–Trinajstić information content (AvgIpc) is 3.02. The largest absolute Gasteiger partial charge is 0.496 e. The second kappa shape index (κ2) is 14.9. The van der Waals surface area contributed by atoms with Gasteiger partial charge in [-0.3, -0.25) is 4.79 Å². The fourth-order valence-corrected chi connectivity index (χ4v) is 5.11. The first-order valence-electron chi connectivity index (χ1n) is 14.8. The summed E-state index contributed by atoms with van der Waals surface area (Å²) in [5, 5.41) is 18.3. The molecular weight excluding hydrogens is 616 g/mol. The number of aromatic nitrogens is 2. The van der Waals surface area contributed by atoms with Gasteiger partial charge in [0, 0.05) is 31.1 Å². The summed E-state index contributed by atoms with van der Waals surface area (Å²) in [6, 6.07) is 13.8. The molecule has 0 amide bonds. The zero-order valence-corrected chi connectivity index (χ0v) is 26.4. The van der Waals surface area contributed by atoms with Gasteiger partial charge < -0.3 is 19.5 Å². The highest BCUT2D eigenvalue weighted by Gasteiger charge is 2.31. The van der Waals surface area contributed by atoms with E-state index < -0.39 is 23.5 Å². The smallest absolute Gasteiger partial charge is 0.416 e. The third-order valence-electron chi connectivity index (χ3n) is 7.38. The van der Waals surface area contributed by atoms with E-state index in [0.717, 1.165) is 28.8 Å². The van der Waals surface area contributed by atoms with E-state index in [1.165, 1.54) is 31.6 Å². The van der Waals surface area contributed by atoms with Gasteiger partial charge in [0.25, 0.3) is 0 Å². The quantitative estimate of drug-likeness (QED) is 0.114. The van der Waals surface area contributed by atoms with Gasteiger partial charge in [-0.25, -0.2) is 14.4 Å². The zero-order chi connectivity index (χ0) is 34.3. The number of carboxylic acid groups (broad SMARTS) is 1. The van der Waals surface area contributed by atoms with Crippen molar-refractivity contribution in [2.75, 3.05) is 18.6 Å². The number of methoxy groups -OCH3 is 1. The van der Waals surface area contributed by atoms with Crippen LogP contribution in [-0.4, -0.2) is 34.8 Å². The second-order valence-electron chi connectivity index (χ2n) is 11.3. The molecule has 1 N–H and O–H groups in total. The van der Waals surface area contributed by atoms with Crippen molar-refractivity contribution in [3.8, 4) is 28.7 Å². The summed E-state index contributed by atoms with van der Waals surface area (Å²) in [6.07, 6.45) is -1.65. The van der Waals surface area contributed by atoms with Gasteiger partial charge in [-0.1, -0.05) is 37.6 Å². The first-order chi connectivity index (χ1) is 22.3. The first-order valence-corrected chi connectivity index (χ1v) is 14.8. The van der Waals surface area contributed by atoms with E-state index in [0.29, 0.717) is 22.6 Å². The molecular formula is C35H34F4N4O4. The number of nitrogens with zero attached hydrogens (tertiary/aromatic N) is 4. The van der Waals surface area contributed by atoms with Crippen molar-refractivity contribution in [3.63, 3.8) is 0 Å². The number of rotatable bonds is 13. The number of halogens is 4. The molecule has 8 nitrogen and oxygen atoms in total. The number of aryl methyl sites for hydroxylation is 1. The molecule has 0 aliphatic rings. The molecule has 246 valence electrons. The molecule has 0 radical (unpaired) electrons. The Labute approximate surface area is 270 Å². The molecule has 47 heavy (non-hydrogen) atoms. The number of ether oxygens (including phenoxy) is 2. The number of carbonyl (C=O) groups is 1. The predicted octanol–water partition coefficient (Wildman–Crippen LogP) is 8.06. The molecule has 1 heterocycles. The van der Waals surface area contributed by atoms with Crippen LogP contribution in [0.5, 0.6) is 11.5 Å². The van der Waals surface area contributed by atoms with Crippen molar-refractivity contribution in [1.82, 2.24) is 9.97 Å². The highest BCUT2D eigenvalue weighted by atomic mass is 19.4. The Bertz CT molecular complexity index is 1770. The van der Waals surface area contributed by atoms with Crippen molar-refractivity contribution in [3.05, 3.63) is 100 Å². The molecule has 3 aromatic carbocycles. The van der Waals surface area contributed by atoms with E-state index in [4.69, 9.17) is 14.6 Å². The molecule has 0 atom stereocenters. The van der Waals surface area contributed by atoms with Crippen LogP contribution in [0.1, 0.15) is 66.0 Å². The van der Waals surface area contributed by atoms with Crippen LogP contribution in [0.2, 0.25) is 0 Å². The molecule has 12 heteroatoms. The van der Waals surface area contributed by atoms with E-state index >= 15 is 0 Å². The molecule has 4 rings (SSSR count). The third kappa shape index (κ3) is 8.97. The maximum atomic E-state index is 14.9. The molecule has 0 bridgehead atoms. The van der Waals surface area contributed by atoms with Crippen LogP contribution < -0.4 is 14.4 Å². The van der Waals surface area contributed by atoms with Crippen LogP contribution in [0, 0.1) is 24.1 Å². The molecule has 0 spiro atoms. The van der Waals surface area contributed by atoms with E-state index in [2.05, 4.69) is 9.97 Å². The van der Waals surface area contributed by atoms with Crippen molar-refractivity contribution < 1.29 is 36.9 Å². The Hall–Kier alpha value is -5.18. The maximum absolute atomic E-state index is 14.9. The van der Waals surface area contributed by atoms with Gasteiger partial charge in [0.05, 0.1) is 43.3 Å². The minimum Gasteiger partial charge on any atom is -0.496 e. The van der Waals surface area contributed by atoms with Gasteiger partial charge >= 0.3 is 12.1 Å². The van der Waals surface area contributed by atoms with Gasteiger partial charge in [0.1, 0.15) is 11.6 Å². The van der Waals surface area contributed by atoms with Crippen LogP contribution in [0.4, 0.5) is 23.5 Å². The highest BCUT2D eigenvalue weighted by molar-refractivity contribution is 5.75.